The second-order valence-corrected chi connectivity index (χ2v) is 9.63. The van der Waals surface area contributed by atoms with Crippen molar-refractivity contribution in [2.24, 2.45) is 12.0 Å². The number of carboxylic acid groups (broad SMARTS) is 1. The topological polar surface area (TPSA) is 88.6 Å². The van der Waals surface area contributed by atoms with Crippen LogP contribution in [0.5, 0.6) is 0 Å². The molecule has 7 nitrogen and oxygen atoms in total. The van der Waals surface area contributed by atoms with Gasteiger partial charge in [-0.1, -0.05) is 18.2 Å². The molecule has 1 heterocycles. The highest BCUT2D eigenvalue weighted by Gasteiger charge is 2.35. The standard InChI is InChI=1S/C29H24F6N4O3/c1-15-10-18(4-7-24(15)31)16(2)36-26(40)22-12-17(14-39-9-8-38(3)27(39)37-28(41)42)11-21(25(22)32)20-6-5-19(30)13-23(20)29(33,34)35/h4-13,16H,14H2,1-3H3,(H,36,40)(H,41,42). The molecule has 0 fully saturated rings. The molecule has 2 N–H and O–H groups in total. The second-order valence-electron chi connectivity index (χ2n) is 9.63. The number of hydrogen-bond donors (Lipinski definition) is 2. The van der Waals surface area contributed by atoms with E-state index in [1.165, 1.54) is 53.7 Å². The van der Waals surface area contributed by atoms with Gasteiger partial charge in [0, 0.05) is 25.0 Å². The first-order valence-electron chi connectivity index (χ1n) is 12.4. The van der Waals surface area contributed by atoms with E-state index >= 15 is 4.39 Å². The number of carbonyl (C=O) groups excluding carboxylic acids is 1. The van der Waals surface area contributed by atoms with E-state index in [0.29, 0.717) is 11.1 Å². The number of nitrogens with one attached hydrogen (secondary N) is 1. The zero-order valence-electron chi connectivity index (χ0n) is 22.4. The van der Waals surface area contributed by atoms with Gasteiger partial charge in [-0.25, -0.2) is 18.0 Å². The first-order chi connectivity index (χ1) is 19.6. The summed E-state index contributed by atoms with van der Waals surface area (Å²) in [4.78, 5) is 28.0. The van der Waals surface area contributed by atoms with E-state index in [2.05, 4.69) is 10.3 Å². The number of amides is 2. The van der Waals surface area contributed by atoms with E-state index in [1.807, 2.05) is 0 Å². The van der Waals surface area contributed by atoms with Gasteiger partial charge in [0.05, 0.1) is 23.7 Å². The average molecular weight is 591 g/mol. The van der Waals surface area contributed by atoms with Crippen molar-refractivity contribution in [2.75, 3.05) is 0 Å². The Hall–Kier alpha value is -4.81. The number of carbonyl (C=O) groups is 2. The van der Waals surface area contributed by atoms with Crippen molar-refractivity contribution >= 4 is 12.0 Å². The lowest BCUT2D eigenvalue weighted by Gasteiger charge is -2.19. The van der Waals surface area contributed by atoms with E-state index in [1.54, 1.807) is 6.92 Å². The highest BCUT2D eigenvalue weighted by molar-refractivity contribution is 5.96. The molecule has 13 heteroatoms. The summed E-state index contributed by atoms with van der Waals surface area (Å²) >= 11 is 0. The van der Waals surface area contributed by atoms with Crippen LogP contribution in [-0.2, 0) is 19.8 Å². The lowest BCUT2D eigenvalue weighted by atomic mass is 9.94. The number of alkyl halides is 3. The fourth-order valence-electron chi connectivity index (χ4n) is 4.48. The van der Waals surface area contributed by atoms with Crippen LogP contribution >= 0.6 is 0 Å². The first-order valence-corrected chi connectivity index (χ1v) is 12.4. The van der Waals surface area contributed by atoms with Gasteiger partial charge in [-0.3, -0.25) is 4.79 Å². The molecule has 0 spiro atoms. The maximum absolute atomic E-state index is 15.9. The van der Waals surface area contributed by atoms with Crippen LogP contribution in [0.1, 0.15) is 45.6 Å². The minimum absolute atomic E-state index is 0.0440. The summed E-state index contributed by atoms with van der Waals surface area (Å²) in [5.41, 5.74) is -2.50. The zero-order chi connectivity index (χ0) is 30.9. The Labute approximate surface area is 235 Å². The molecule has 1 aromatic heterocycles. The normalized spacial score (nSPS) is 12.8. The minimum atomic E-state index is -5.06. The maximum Gasteiger partial charge on any atom is 0.434 e. The predicted molar refractivity (Wildman–Crippen MR) is 140 cm³/mol. The van der Waals surface area contributed by atoms with Crippen molar-refractivity contribution in [3.8, 4) is 11.1 Å². The number of aryl methyl sites for hydroxylation is 2. The summed E-state index contributed by atoms with van der Waals surface area (Å²) in [5, 5.41) is 11.7. The van der Waals surface area contributed by atoms with Crippen molar-refractivity contribution in [3.63, 3.8) is 0 Å². The quantitative estimate of drug-likeness (QED) is 0.257. The fraction of sp³-hybridized carbons (Fsp3) is 0.207. The highest BCUT2D eigenvalue weighted by Crippen LogP contribution is 2.39. The van der Waals surface area contributed by atoms with Gasteiger partial charge in [0.1, 0.15) is 17.5 Å². The van der Waals surface area contributed by atoms with Crippen molar-refractivity contribution in [1.82, 2.24) is 14.5 Å². The number of halogens is 6. The molecule has 1 atom stereocenters. The van der Waals surface area contributed by atoms with Crippen LogP contribution in [0.2, 0.25) is 0 Å². The smallest absolute Gasteiger partial charge is 0.434 e. The number of nitrogens with zero attached hydrogens (tertiary/aromatic N) is 3. The molecule has 0 radical (unpaired) electrons. The van der Waals surface area contributed by atoms with Crippen molar-refractivity contribution < 1.29 is 41.0 Å². The fourth-order valence-corrected chi connectivity index (χ4v) is 4.48. The number of imidazole rings is 1. The summed E-state index contributed by atoms with van der Waals surface area (Å²) in [6.45, 7) is 2.88. The average Bonchev–Trinajstić information content (AvgIpc) is 3.23. The van der Waals surface area contributed by atoms with Gasteiger partial charge < -0.3 is 19.6 Å². The molecular weight excluding hydrogens is 566 g/mol. The van der Waals surface area contributed by atoms with Gasteiger partial charge >= 0.3 is 12.3 Å². The summed E-state index contributed by atoms with van der Waals surface area (Å²) in [6, 6.07) is 7.32. The number of benzene rings is 3. The summed E-state index contributed by atoms with van der Waals surface area (Å²) in [7, 11) is 1.51. The molecule has 0 saturated heterocycles. The number of hydrogen-bond acceptors (Lipinski definition) is 2. The molecule has 0 aliphatic rings. The third-order valence-corrected chi connectivity index (χ3v) is 6.57. The summed E-state index contributed by atoms with van der Waals surface area (Å²) in [5.74, 6) is -3.92. The van der Waals surface area contributed by atoms with Gasteiger partial charge in [-0.2, -0.15) is 13.2 Å². The summed E-state index contributed by atoms with van der Waals surface area (Å²) in [6.07, 6.45) is -3.63. The molecule has 2 amide bonds. The molecule has 1 unspecified atom stereocenters. The van der Waals surface area contributed by atoms with E-state index in [-0.39, 0.29) is 23.8 Å². The zero-order valence-corrected chi connectivity index (χ0v) is 22.4. The van der Waals surface area contributed by atoms with Crippen molar-refractivity contribution in [2.45, 2.75) is 32.6 Å². The van der Waals surface area contributed by atoms with Crippen LogP contribution in [0.3, 0.4) is 0 Å². The number of rotatable bonds is 6. The Morgan fingerprint density at radius 2 is 1.71 bits per heavy atom. The third kappa shape index (κ3) is 6.40. The van der Waals surface area contributed by atoms with Gasteiger partial charge in [0.25, 0.3) is 5.91 Å². The molecule has 0 bridgehead atoms. The Bertz CT molecular complexity index is 1760. The van der Waals surface area contributed by atoms with Crippen LogP contribution in [0, 0.1) is 24.4 Å². The van der Waals surface area contributed by atoms with Gasteiger partial charge in [-0.05, 0) is 66.4 Å². The lowest BCUT2D eigenvalue weighted by molar-refractivity contribution is -0.137. The largest absolute Gasteiger partial charge is 0.463 e. The molecule has 0 saturated carbocycles. The molecule has 0 aliphatic heterocycles. The molecule has 4 rings (SSSR count). The van der Waals surface area contributed by atoms with E-state index in [0.717, 1.165) is 24.3 Å². The SMILES string of the molecule is Cc1cc(C(C)NC(=O)c2cc(Cn3ccn(C)c3=NC(=O)O)cc(-c3ccc(F)cc3C(F)(F)F)c2F)ccc1F. The minimum Gasteiger partial charge on any atom is -0.463 e. The maximum atomic E-state index is 15.9. The van der Waals surface area contributed by atoms with E-state index in [4.69, 9.17) is 5.11 Å². The highest BCUT2D eigenvalue weighted by atomic mass is 19.4. The molecule has 220 valence electrons. The Morgan fingerprint density at radius 1 is 1.00 bits per heavy atom. The summed E-state index contributed by atoms with van der Waals surface area (Å²) < 4.78 is 87.9. The first kappa shape index (κ1) is 30.2. The van der Waals surface area contributed by atoms with Crippen LogP contribution in [0.4, 0.5) is 31.1 Å². The van der Waals surface area contributed by atoms with E-state index in [9.17, 15) is 31.5 Å². The lowest BCUT2D eigenvalue weighted by Crippen LogP contribution is -2.28. The van der Waals surface area contributed by atoms with Gasteiger partial charge in [0.15, 0.2) is 0 Å². The van der Waals surface area contributed by atoms with Crippen LogP contribution in [-0.4, -0.2) is 26.2 Å². The molecule has 3 aromatic carbocycles. The molecule has 4 aromatic rings. The Morgan fingerprint density at radius 3 is 2.36 bits per heavy atom. The van der Waals surface area contributed by atoms with Crippen LogP contribution in [0.25, 0.3) is 11.1 Å². The van der Waals surface area contributed by atoms with Crippen LogP contribution < -0.4 is 10.9 Å². The number of aromatic nitrogens is 2. The molecule has 0 aliphatic carbocycles. The molecular formula is C29H24F6N4O3. The second kappa shape index (κ2) is 11.6. The Kier molecular flexibility index (Phi) is 8.32. The van der Waals surface area contributed by atoms with Gasteiger partial charge in [-0.15, -0.1) is 4.99 Å². The Balaban J connectivity index is 1.87. The monoisotopic (exact) mass is 590 g/mol. The molecule has 42 heavy (non-hydrogen) atoms. The predicted octanol–water partition coefficient (Wildman–Crippen LogP) is 6.36. The van der Waals surface area contributed by atoms with Crippen molar-refractivity contribution in [3.05, 3.63) is 112 Å². The van der Waals surface area contributed by atoms with Crippen LogP contribution in [0.15, 0.2) is 65.9 Å². The van der Waals surface area contributed by atoms with E-state index < -0.39 is 63.9 Å². The van der Waals surface area contributed by atoms with Gasteiger partial charge in [0.2, 0.25) is 5.62 Å². The van der Waals surface area contributed by atoms with Crippen molar-refractivity contribution in [1.29, 1.82) is 0 Å². The third-order valence-electron chi connectivity index (χ3n) is 6.57.